The first-order valence-electron chi connectivity index (χ1n) is 3.16. The average Bonchev–Trinajstić information content (AvgIpc) is 2.04. The lowest BCUT2D eigenvalue weighted by atomic mass is 10.4. The highest BCUT2D eigenvalue weighted by Gasteiger charge is 2.33. The third-order valence-corrected chi connectivity index (χ3v) is 1.20. The second-order valence-corrected chi connectivity index (χ2v) is 2.19. The molecule has 0 aliphatic rings. The zero-order chi connectivity index (χ0) is 10.9. The van der Waals surface area contributed by atoms with Crippen LogP contribution in [0.15, 0.2) is 6.20 Å². The maximum Gasteiger partial charge on any atom is 0.573 e. The number of ether oxygens (including phenoxy) is 1. The van der Waals surface area contributed by atoms with Crippen molar-refractivity contribution in [3.05, 3.63) is 18.0 Å². The zero-order valence-corrected chi connectivity index (χ0v) is 6.40. The Bertz CT molecular complexity index is 351. The second-order valence-electron chi connectivity index (χ2n) is 2.19. The molecule has 2 N–H and O–H groups in total. The van der Waals surface area contributed by atoms with Crippen LogP contribution >= 0.6 is 0 Å². The molecule has 8 heteroatoms. The van der Waals surface area contributed by atoms with Crippen molar-refractivity contribution in [2.75, 3.05) is 5.73 Å². The van der Waals surface area contributed by atoms with Crippen molar-refractivity contribution in [2.45, 2.75) is 6.36 Å². The first-order chi connectivity index (χ1) is 6.31. The van der Waals surface area contributed by atoms with Crippen molar-refractivity contribution in [3.63, 3.8) is 0 Å². The van der Waals surface area contributed by atoms with Gasteiger partial charge in [0, 0.05) is 0 Å². The topological polar surface area (TPSA) is 48.1 Å². The Labute approximate surface area is 74.3 Å². The number of pyridine rings is 1. The van der Waals surface area contributed by atoms with Gasteiger partial charge in [-0.25, -0.2) is 9.37 Å². The van der Waals surface area contributed by atoms with Gasteiger partial charge >= 0.3 is 6.36 Å². The summed E-state index contributed by atoms with van der Waals surface area (Å²) in [6, 6.07) is 0. The van der Waals surface area contributed by atoms with E-state index in [1.165, 1.54) is 0 Å². The van der Waals surface area contributed by atoms with Crippen LogP contribution in [0.2, 0.25) is 0 Å². The first kappa shape index (κ1) is 10.5. The number of hydrogen-bond donors (Lipinski definition) is 1. The summed E-state index contributed by atoms with van der Waals surface area (Å²) in [5.41, 5.74) is 3.62. The van der Waals surface area contributed by atoms with E-state index in [4.69, 9.17) is 5.73 Å². The van der Waals surface area contributed by atoms with Gasteiger partial charge in [-0.05, 0) is 0 Å². The molecule has 0 saturated heterocycles. The number of hydrogen-bond acceptors (Lipinski definition) is 3. The van der Waals surface area contributed by atoms with Crippen molar-refractivity contribution in [3.8, 4) is 5.75 Å². The van der Waals surface area contributed by atoms with Gasteiger partial charge < -0.3 is 10.5 Å². The molecule has 0 amide bonds. The number of alkyl halides is 3. The molecule has 1 rings (SSSR count). The number of nitrogens with two attached hydrogens (primary N) is 1. The monoisotopic (exact) mass is 214 g/mol. The summed E-state index contributed by atoms with van der Waals surface area (Å²) in [6.45, 7) is 0. The molecule has 0 aliphatic heterocycles. The minimum atomic E-state index is -5.08. The normalized spacial score (nSPS) is 11.5. The molecule has 1 heterocycles. The van der Waals surface area contributed by atoms with E-state index in [0.29, 0.717) is 0 Å². The highest BCUT2D eigenvalue weighted by Crippen LogP contribution is 2.28. The molecule has 0 aliphatic carbocycles. The maximum atomic E-state index is 12.8. The number of halogens is 5. The number of nitrogen functional groups attached to an aromatic ring is 1. The van der Waals surface area contributed by atoms with Gasteiger partial charge in [0.05, 0.1) is 6.20 Å². The van der Waals surface area contributed by atoms with Gasteiger partial charge in [-0.3, -0.25) is 0 Å². The summed E-state index contributed by atoms with van der Waals surface area (Å²) in [4.78, 5) is 2.77. The zero-order valence-electron chi connectivity index (χ0n) is 6.40. The van der Waals surface area contributed by atoms with Gasteiger partial charge in [0.15, 0.2) is 11.6 Å². The lowest BCUT2D eigenvalue weighted by molar-refractivity contribution is -0.275. The Kier molecular flexibility index (Phi) is 2.45. The molecule has 1 aromatic rings. The molecule has 14 heavy (non-hydrogen) atoms. The standard InChI is InChI=1S/C6H3F5N2O/c7-3-2(14-6(9,10)11)1-13-5(8)4(3)12/h1H,12H2. The summed E-state index contributed by atoms with van der Waals surface area (Å²) in [6.07, 6.45) is -4.82. The van der Waals surface area contributed by atoms with E-state index < -0.39 is 29.6 Å². The lowest BCUT2D eigenvalue weighted by Crippen LogP contribution is -2.18. The molecule has 0 aromatic carbocycles. The Morgan fingerprint density at radius 1 is 1.29 bits per heavy atom. The molecule has 0 radical (unpaired) electrons. The number of aromatic nitrogens is 1. The van der Waals surface area contributed by atoms with Crippen LogP contribution in [0.25, 0.3) is 0 Å². The smallest absolute Gasteiger partial charge is 0.401 e. The minimum absolute atomic E-state index is 0.258. The number of anilines is 1. The molecule has 78 valence electrons. The molecule has 0 unspecified atom stereocenters. The van der Waals surface area contributed by atoms with Crippen LogP contribution in [-0.4, -0.2) is 11.3 Å². The van der Waals surface area contributed by atoms with Crippen molar-refractivity contribution in [2.24, 2.45) is 0 Å². The number of rotatable bonds is 1. The Balaban J connectivity index is 3.06. The third-order valence-electron chi connectivity index (χ3n) is 1.20. The van der Waals surface area contributed by atoms with Gasteiger partial charge in [0.2, 0.25) is 5.95 Å². The summed E-state index contributed by atoms with van der Waals surface area (Å²) in [7, 11) is 0. The van der Waals surface area contributed by atoms with Crippen LogP contribution in [0.3, 0.4) is 0 Å². The summed E-state index contributed by atoms with van der Waals surface area (Å²) >= 11 is 0. The van der Waals surface area contributed by atoms with E-state index in [2.05, 4.69) is 9.72 Å². The van der Waals surface area contributed by atoms with Crippen LogP contribution in [0.1, 0.15) is 0 Å². The molecular formula is C6H3F5N2O. The molecule has 0 atom stereocenters. The quantitative estimate of drug-likeness (QED) is 0.573. The summed E-state index contributed by atoms with van der Waals surface area (Å²) in [5.74, 6) is -4.29. The van der Waals surface area contributed by atoms with Crippen LogP contribution in [0.4, 0.5) is 27.6 Å². The van der Waals surface area contributed by atoms with Crippen molar-refractivity contribution < 1.29 is 26.7 Å². The van der Waals surface area contributed by atoms with Crippen molar-refractivity contribution in [1.29, 1.82) is 0 Å². The van der Waals surface area contributed by atoms with Crippen molar-refractivity contribution in [1.82, 2.24) is 4.98 Å². The van der Waals surface area contributed by atoms with Gasteiger partial charge in [-0.2, -0.15) is 4.39 Å². The maximum absolute atomic E-state index is 12.8. The lowest BCUT2D eigenvalue weighted by Gasteiger charge is -2.09. The third kappa shape index (κ3) is 2.21. The van der Waals surface area contributed by atoms with Crippen LogP contribution in [-0.2, 0) is 0 Å². The van der Waals surface area contributed by atoms with E-state index in [9.17, 15) is 22.0 Å². The Morgan fingerprint density at radius 2 is 1.86 bits per heavy atom. The molecule has 0 bridgehead atoms. The fraction of sp³-hybridized carbons (Fsp3) is 0.167. The predicted octanol–water partition coefficient (Wildman–Crippen LogP) is 1.84. The van der Waals surface area contributed by atoms with Gasteiger partial charge in [0.1, 0.15) is 5.69 Å². The predicted molar refractivity (Wildman–Crippen MR) is 35.2 cm³/mol. The van der Waals surface area contributed by atoms with Crippen LogP contribution in [0.5, 0.6) is 5.75 Å². The number of nitrogens with zero attached hydrogens (tertiary/aromatic N) is 1. The van der Waals surface area contributed by atoms with Crippen LogP contribution < -0.4 is 10.5 Å². The fourth-order valence-electron chi connectivity index (χ4n) is 0.661. The SMILES string of the molecule is Nc1c(F)ncc(OC(F)(F)F)c1F. The van der Waals surface area contributed by atoms with E-state index >= 15 is 0 Å². The van der Waals surface area contributed by atoms with Crippen LogP contribution in [0, 0.1) is 11.8 Å². The molecule has 3 nitrogen and oxygen atoms in total. The fourth-order valence-corrected chi connectivity index (χ4v) is 0.661. The summed E-state index contributed by atoms with van der Waals surface area (Å²) < 4.78 is 63.1. The van der Waals surface area contributed by atoms with E-state index in [1.54, 1.807) is 0 Å². The van der Waals surface area contributed by atoms with Gasteiger partial charge in [-0.1, -0.05) is 0 Å². The largest absolute Gasteiger partial charge is 0.573 e. The van der Waals surface area contributed by atoms with E-state index in [0.717, 1.165) is 0 Å². The van der Waals surface area contributed by atoms with E-state index in [1.807, 2.05) is 0 Å². The highest BCUT2D eigenvalue weighted by atomic mass is 19.4. The van der Waals surface area contributed by atoms with Crippen molar-refractivity contribution >= 4 is 5.69 Å². The highest BCUT2D eigenvalue weighted by molar-refractivity contribution is 5.43. The van der Waals surface area contributed by atoms with E-state index in [-0.39, 0.29) is 6.20 Å². The average molecular weight is 214 g/mol. The minimum Gasteiger partial charge on any atom is -0.401 e. The Morgan fingerprint density at radius 3 is 2.36 bits per heavy atom. The molecule has 0 spiro atoms. The molecule has 0 saturated carbocycles. The van der Waals surface area contributed by atoms with Gasteiger partial charge in [-0.15, -0.1) is 13.2 Å². The summed E-state index contributed by atoms with van der Waals surface area (Å²) in [5, 5.41) is 0. The molecule has 1 aromatic heterocycles. The first-order valence-corrected chi connectivity index (χ1v) is 3.16. The Hall–Kier alpha value is -1.60. The molecule has 0 fully saturated rings. The second kappa shape index (κ2) is 3.28. The van der Waals surface area contributed by atoms with Gasteiger partial charge in [0.25, 0.3) is 0 Å². The molecular weight excluding hydrogens is 211 g/mol.